The van der Waals surface area contributed by atoms with Crippen LogP contribution in [0.5, 0.6) is 0 Å². The molecule has 1 aromatic rings. The zero-order valence-corrected chi connectivity index (χ0v) is 17.9. The molecule has 0 aromatic heterocycles. The van der Waals surface area contributed by atoms with Gasteiger partial charge in [-0.1, -0.05) is 24.3 Å². The van der Waals surface area contributed by atoms with Gasteiger partial charge in [-0.2, -0.15) is 0 Å². The highest BCUT2D eigenvalue weighted by Crippen LogP contribution is 2.14. The maximum absolute atomic E-state index is 5.97. The van der Waals surface area contributed by atoms with Gasteiger partial charge in [0.15, 0.2) is 5.96 Å². The highest BCUT2D eigenvalue weighted by Gasteiger charge is 2.13. The van der Waals surface area contributed by atoms with Crippen molar-refractivity contribution in [2.75, 3.05) is 33.0 Å². The van der Waals surface area contributed by atoms with Gasteiger partial charge in [-0.05, 0) is 37.3 Å². The second-order valence-corrected chi connectivity index (χ2v) is 6.12. The predicted octanol–water partition coefficient (Wildman–Crippen LogP) is 2.83. The summed E-state index contributed by atoms with van der Waals surface area (Å²) in [6.45, 7) is 7.06. The van der Waals surface area contributed by atoms with Crippen LogP contribution < -0.4 is 11.1 Å². The third-order valence-electron chi connectivity index (χ3n) is 4.05. The Balaban J connectivity index is 0.00000338. The fourth-order valence-electron chi connectivity index (χ4n) is 2.64. The number of nitrogens with two attached hydrogens (primary N) is 1. The quantitative estimate of drug-likeness (QED) is 0.235. The van der Waals surface area contributed by atoms with Crippen LogP contribution in [0.4, 0.5) is 0 Å². The number of rotatable bonds is 10. The molecule has 0 atom stereocenters. The number of ether oxygens (including phenoxy) is 3. The van der Waals surface area contributed by atoms with E-state index in [-0.39, 0.29) is 24.0 Å². The van der Waals surface area contributed by atoms with Crippen LogP contribution in [0.2, 0.25) is 0 Å². The van der Waals surface area contributed by atoms with Crippen LogP contribution in [-0.2, 0) is 27.4 Å². The SMILES string of the molecule is CCOCCCNC(N)=NCc1cccc(COC2CCOCC2)c1.I. The van der Waals surface area contributed by atoms with Crippen molar-refractivity contribution in [3.63, 3.8) is 0 Å². The van der Waals surface area contributed by atoms with Gasteiger partial charge in [0, 0.05) is 33.0 Å². The Hall–Kier alpha value is -0.900. The minimum Gasteiger partial charge on any atom is -0.382 e. The number of halogens is 1. The fourth-order valence-corrected chi connectivity index (χ4v) is 2.64. The summed E-state index contributed by atoms with van der Waals surface area (Å²) in [6, 6.07) is 8.32. The Labute approximate surface area is 173 Å². The molecule has 1 aliphatic heterocycles. The first-order valence-electron chi connectivity index (χ1n) is 9.16. The lowest BCUT2D eigenvalue weighted by atomic mass is 10.1. The standard InChI is InChI=1S/C19H31N3O3.HI/c1-2-23-10-4-9-21-19(20)22-14-16-5-3-6-17(13-16)15-25-18-7-11-24-12-8-18;/h3,5-6,13,18H,2,4,7-12,14-15H2,1H3,(H3,20,21,22);1H. The molecule has 1 saturated heterocycles. The molecule has 0 amide bonds. The first kappa shape index (κ1) is 23.1. The number of nitrogens with zero attached hydrogens (tertiary/aromatic N) is 1. The largest absolute Gasteiger partial charge is 0.382 e. The van der Waals surface area contributed by atoms with Crippen LogP contribution in [0.25, 0.3) is 0 Å². The van der Waals surface area contributed by atoms with E-state index in [9.17, 15) is 0 Å². The summed E-state index contributed by atoms with van der Waals surface area (Å²) < 4.78 is 16.6. The Morgan fingerprint density at radius 3 is 2.85 bits per heavy atom. The lowest BCUT2D eigenvalue weighted by Crippen LogP contribution is -2.32. The molecule has 1 fully saturated rings. The van der Waals surface area contributed by atoms with E-state index in [0.29, 0.717) is 25.2 Å². The van der Waals surface area contributed by atoms with Crippen molar-refractivity contribution in [2.24, 2.45) is 10.7 Å². The lowest BCUT2D eigenvalue weighted by molar-refractivity contribution is -0.0390. The summed E-state index contributed by atoms with van der Waals surface area (Å²) in [6.07, 6.45) is 3.19. The Bertz CT molecular complexity index is 523. The molecule has 7 heteroatoms. The second kappa shape index (κ2) is 14.2. The highest BCUT2D eigenvalue weighted by molar-refractivity contribution is 14.0. The van der Waals surface area contributed by atoms with Gasteiger partial charge in [0.2, 0.25) is 0 Å². The molecular weight excluding hydrogens is 445 g/mol. The number of aliphatic imine (C=N–C) groups is 1. The fraction of sp³-hybridized carbons (Fsp3) is 0.632. The van der Waals surface area contributed by atoms with E-state index in [1.165, 1.54) is 5.56 Å². The molecule has 3 N–H and O–H groups in total. The summed E-state index contributed by atoms with van der Waals surface area (Å²) in [5.74, 6) is 0.473. The van der Waals surface area contributed by atoms with Crippen molar-refractivity contribution in [1.82, 2.24) is 5.32 Å². The molecule has 0 unspecified atom stereocenters. The lowest BCUT2D eigenvalue weighted by Gasteiger charge is -2.22. The van der Waals surface area contributed by atoms with Crippen LogP contribution in [-0.4, -0.2) is 45.0 Å². The van der Waals surface area contributed by atoms with Gasteiger partial charge in [0.25, 0.3) is 0 Å². The van der Waals surface area contributed by atoms with Crippen LogP contribution >= 0.6 is 24.0 Å². The van der Waals surface area contributed by atoms with Crippen molar-refractivity contribution in [1.29, 1.82) is 0 Å². The monoisotopic (exact) mass is 477 g/mol. The Morgan fingerprint density at radius 1 is 1.31 bits per heavy atom. The third kappa shape index (κ3) is 9.70. The number of hydrogen-bond acceptors (Lipinski definition) is 4. The summed E-state index contributed by atoms with van der Waals surface area (Å²) in [7, 11) is 0. The van der Waals surface area contributed by atoms with E-state index in [1.54, 1.807) is 0 Å². The van der Waals surface area contributed by atoms with Crippen molar-refractivity contribution in [3.05, 3.63) is 35.4 Å². The molecule has 26 heavy (non-hydrogen) atoms. The average Bonchev–Trinajstić information content (AvgIpc) is 2.66. The van der Waals surface area contributed by atoms with E-state index in [2.05, 4.69) is 28.5 Å². The summed E-state index contributed by atoms with van der Waals surface area (Å²) >= 11 is 0. The van der Waals surface area contributed by atoms with Gasteiger partial charge < -0.3 is 25.3 Å². The molecular formula is C19H32IN3O3. The maximum atomic E-state index is 5.97. The van der Waals surface area contributed by atoms with E-state index in [1.807, 2.05) is 13.0 Å². The topological polar surface area (TPSA) is 78.1 Å². The zero-order valence-electron chi connectivity index (χ0n) is 15.6. The highest BCUT2D eigenvalue weighted by atomic mass is 127. The van der Waals surface area contributed by atoms with Gasteiger partial charge in [-0.25, -0.2) is 4.99 Å². The molecule has 0 radical (unpaired) electrons. The predicted molar refractivity (Wildman–Crippen MR) is 115 cm³/mol. The minimum absolute atomic E-state index is 0. The number of hydrogen-bond donors (Lipinski definition) is 2. The van der Waals surface area contributed by atoms with Crippen LogP contribution in [0.15, 0.2) is 29.3 Å². The number of guanidine groups is 1. The van der Waals surface area contributed by atoms with Crippen LogP contribution in [0.3, 0.4) is 0 Å². The summed E-state index contributed by atoms with van der Waals surface area (Å²) in [4.78, 5) is 4.39. The van der Waals surface area contributed by atoms with Gasteiger partial charge >= 0.3 is 0 Å². The molecule has 1 aromatic carbocycles. The van der Waals surface area contributed by atoms with Gasteiger partial charge in [-0.15, -0.1) is 24.0 Å². The normalized spacial score (nSPS) is 15.5. The number of nitrogens with one attached hydrogen (secondary N) is 1. The number of benzene rings is 1. The van der Waals surface area contributed by atoms with Crippen LogP contribution in [0, 0.1) is 0 Å². The smallest absolute Gasteiger partial charge is 0.188 e. The molecule has 0 saturated carbocycles. The minimum atomic E-state index is 0. The molecule has 2 rings (SSSR count). The molecule has 0 bridgehead atoms. The maximum Gasteiger partial charge on any atom is 0.188 e. The van der Waals surface area contributed by atoms with E-state index >= 15 is 0 Å². The summed E-state index contributed by atoms with van der Waals surface area (Å²) in [5.41, 5.74) is 8.19. The Morgan fingerprint density at radius 2 is 2.08 bits per heavy atom. The van der Waals surface area contributed by atoms with Gasteiger partial charge in [0.1, 0.15) is 0 Å². The molecule has 1 heterocycles. The summed E-state index contributed by atoms with van der Waals surface area (Å²) in [5, 5.41) is 3.11. The second-order valence-electron chi connectivity index (χ2n) is 6.12. The molecule has 6 nitrogen and oxygen atoms in total. The van der Waals surface area contributed by atoms with E-state index in [4.69, 9.17) is 19.9 Å². The first-order valence-corrected chi connectivity index (χ1v) is 9.16. The van der Waals surface area contributed by atoms with Crippen LogP contribution in [0.1, 0.15) is 37.3 Å². The van der Waals surface area contributed by atoms with Gasteiger partial charge in [0.05, 0.1) is 19.3 Å². The third-order valence-corrected chi connectivity index (χ3v) is 4.05. The van der Waals surface area contributed by atoms with Crippen molar-refractivity contribution < 1.29 is 14.2 Å². The van der Waals surface area contributed by atoms with Gasteiger partial charge in [-0.3, -0.25) is 0 Å². The van der Waals surface area contributed by atoms with Crippen molar-refractivity contribution in [3.8, 4) is 0 Å². The molecule has 0 spiro atoms. The molecule has 0 aliphatic carbocycles. The van der Waals surface area contributed by atoms with Crippen molar-refractivity contribution in [2.45, 2.75) is 45.4 Å². The molecule has 1 aliphatic rings. The average molecular weight is 477 g/mol. The zero-order chi connectivity index (χ0) is 17.7. The molecule has 148 valence electrons. The van der Waals surface area contributed by atoms with Crippen molar-refractivity contribution >= 4 is 29.9 Å². The van der Waals surface area contributed by atoms with E-state index < -0.39 is 0 Å². The Kier molecular flexibility index (Phi) is 12.6. The first-order chi connectivity index (χ1) is 12.3. The van der Waals surface area contributed by atoms with E-state index in [0.717, 1.165) is 57.8 Å².